The predicted molar refractivity (Wildman–Crippen MR) is 169 cm³/mol. The second-order valence-corrected chi connectivity index (χ2v) is 13.4. The molecule has 0 saturated heterocycles. The third-order valence-corrected chi connectivity index (χ3v) is 10.6. The maximum absolute atomic E-state index is 12.1. The van der Waals surface area contributed by atoms with Gasteiger partial charge in [-0.2, -0.15) is 0 Å². The highest BCUT2D eigenvalue weighted by molar-refractivity contribution is 5.84. The zero-order chi connectivity index (χ0) is 33.3. The number of aromatic hydroxyl groups is 1. The predicted octanol–water partition coefficient (Wildman–Crippen LogP) is 5.74. The normalized spacial score (nSPS) is 25.3. The summed E-state index contributed by atoms with van der Waals surface area (Å²) in [6, 6.07) is 10.4. The van der Waals surface area contributed by atoms with Gasteiger partial charge in [0.1, 0.15) is 17.1 Å². The summed E-state index contributed by atoms with van der Waals surface area (Å²) in [5, 5.41) is 38.2. The van der Waals surface area contributed by atoms with Gasteiger partial charge in [-0.05, 0) is 116 Å². The molecule has 0 amide bonds. The number of aliphatic carboxylic acids is 2. The Bertz CT molecular complexity index is 1710. The van der Waals surface area contributed by atoms with Crippen LogP contribution in [0.3, 0.4) is 0 Å². The summed E-state index contributed by atoms with van der Waals surface area (Å²) in [4.78, 5) is 45.3. The van der Waals surface area contributed by atoms with Crippen LogP contribution in [0.25, 0.3) is 11.0 Å². The van der Waals surface area contributed by atoms with E-state index in [0.717, 1.165) is 25.2 Å². The summed E-state index contributed by atoms with van der Waals surface area (Å²) < 4.78 is 10.3. The Labute approximate surface area is 267 Å². The van der Waals surface area contributed by atoms with Crippen molar-refractivity contribution in [3.8, 4) is 11.5 Å². The quantitative estimate of drug-likeness (QED) is 0.143. The highest BCUT2D eigenvalue weighted by Gasteiger charge is 2.54. The van der Waals surface area contributed by atoms with Crippen molar-refractivity contribution in [1.29, 1.82) is 0 Å². The number of aliphatic hydroxyl groups is 1. The third-order valence-electron chi connectivity index (χ3n) is 10.6. The van der Waals surface area contributed by atoms with Gasteiger partial charge in [0.25, 0.3) is 0 Å². The summed E-state index contributed by atoms with van der Waals surface area (Å²) in [6.07, 6.45) is 6.37. The van der Waals surface area contributed by atoms with Crippen LogP contribution in [0.4, 0.5) is 0 Å². The molecule has 0 radical (unpaired) electrons. The lowest BCUT2D eigenvalue weighted by atomic mass is 9.55. The maximum Gasteiger partial charge on any atom is 0.339 e. The van der Waals surface area contributed by atoms with E-state index in [1.54, 1.807) is 13.0 Å². The van der Waals surface area contributed by atoms with Crippen molar-refractivity contribution in [3.05, 3.63) is 69.1 Å². The summed E-state index contributed by atoms with van der Waals surface area (Å²) in [6.45, 7) is 5.40. The Balaban J connectivity index is 0.000000186. The first-order valence-electron chi connectivity index (χ1n) is 16.0. The highest BCUT2D eigenvalue weighted by Crippen LogP contribution is 2.60. The molecule has 0 bridgehead atoms. The minimum Gasteiger partial charge on any atom is -0.508 e. The molecular weight excluding hydrogens is 592 g/mol. The van der Waals surface area contributed by atoms with Gasteiger partial charge in [0, 0.05) is 23.4 Å². The Kier molecular flexibility index (Phi) is 9.58. The van der Waals surface area contributed by atoms with E-state index in [1.165, 1.54) is 49.4 Å². The monoisotopic (exact) mass is 634 g/mol. The standard InChI is InChI=1S/C18H18O8.C18H24O2/c1-9(17(22)23)7-16(21)25-11-3-4-12-10(2)13(5-6-15(19)20)18(24)26-14(12)8-11;1-18-9-8-14-13-5-3-12(19)10-11(13)2-4-15(14)16(18)6-7-17(18)20/h3-4,8-9H,5-7H2,1-2H3,(H,19,20)(H,22,23);3,5,10,14-17,19-20H,2,4,6-9H2,1H3/t;14?,15?,16?,17-,18-/m.0/s1. The van der Waals surface area contributed by atoms with Crippen LogP contribution in [0.15, 0.2) is 45.6 Å². The van der Waals surface area contributed by atoms with E-state index in [0.29, 0.717) is 34.1 Å². The molecule has 3 aliphatic carbocycles. The molecule has 2 aromatic carbocycles. The molecule has 246 valence electrons. The van der Waals surface area contributed by atoms with E-state index in [-0.39, 0.29) is 42.1 Å². The molecule has 0 spiro atoms. The number of phenols is 1. The van der Waals surface area contributed by atoms with Gasteiger partial charge in [-0.25, -0.2) is 4.79 Å². The van der Waals surface area contributed by atoms with Crippen molar-refractivity contribution < 1.29 is 44.0 Å². The second-order valence-electron chi connectivity index (χ2n) is 13.4. The number of hydrogen-bond acceptors (Lipinski definition) is 8. The zero-order valence-corrected chi connectivity index (χ0v) is 26.5. The molecule has 1 aromatic heterocycles. The van der Waals surface area contributed by atoms with E-state index >= 15 is 0 Å². The molecule has 3 aromatic rings. The topological polar surface area (TPSA) is 172 Å². The van der Waals surface area contributed by atoms with Crippen molar-refractivity contribution in [2.45, 2.75) is 90.6 Å². The number of phenolic OH excluding ortho intramolecular Hbond substituents is 1. The molecule has 2 saturated carbocycles. The number of hydrogen-bond donors (Lipinski definition) is 4. The van der Waals surface area contributed by atoms with Gasteiger partial charge >= 0.3 is 23.5 Å². The van der Waals surface area contributed by atoms with Gasteiger partial charge in [-0.3, -0.25) is 14.4 Å². The summed E-state index contributed by atoms with van der Waals surface area (Å²) >= 11 is 0. The average Bonchev–Trinajstić information content (AvgIpc) is 3.30. The number of aryl methyl sites for hydroxylation is 2. The number of esters is 1. The molecule has 2 fully saturated rings. The molecule has 6 atom stereocenters. The van der Waals surface area contributed by atoms with Crippen molar-refractivity contribution in [1.82, 2.24) is 0 Å². The minimum atomic E-state index is -1.10. The fraction of sp³-hybridized carbons (Fsp3) is 0.500. The number of ether oxygens (including phenoxy) is 1. The molecule has 0 aliphatic heterocycles. The van der Waals surface area contributed by atoms with Crippen molar-refractivity contribution in [3.63, 3.8) is 0 Å². The molecule has 6 rings (SSSR count). The Morgan fingerprint density at radius 3 is 2.54 bits per heavy atom. The third kappa shape index (κ3) is 6.67. The summed E-state index contributed by atoms with van der Waals surface area (Å²) in [5.41, 5.74) is 3.45. The van der Waals surface area contributed by atoms with Crippen LogP contribution >= 0.6 is 0 Å². The van der Waals surface area contributed by atoms with Gasteiger partial charge in [-0.1, -0.05) is 19.9 Å². The number of benzene rings is 2. The largest absolute Gasteiger partial charge is 0.508 e. The van der Waals surface area contributed by atoms with Crippen LogP contribution in [0, 0.1) is 30.1 Å². The molecule has 1 heterocycles. The second kappa shape index (κ2) is 13.3. The van der Waals surface area contributed by atoms with Gasteiger partial charge in [-0.15, -0.1) is 0 Å². The Hall–Kier alpha value is -4.18. The van der Waals surface area contributed by atoms with E-state index in [1.807, 2.05) is 12.1 Å². The van der Waals surface area contributed by atoms with Crippen LogP contribution < -0.4 is 10.4 Å². The number of carboxylic acids is 2. The van der Waals surface area contributed by atoms with E-state index in [4.69, 9.17) is 19.4 Å². The number of rotatable bonds is 7. The lowest BCUT2D eigenvalue weighted by Gasteiger charge is -2.50. The lowest BCUT2D eigenvalue weighted by molar-refractivity contribution is -0.146. The first-order chi connectivity index (χ1) is 21.8. The van der Waals surface area contributed by atoms with Gasteiger partial charge in [0.15, 0.2) is 0 Å². The van der Waals surface area contributed by atoms with Crippen LogP contribution in [0.2, 0.25) is 0 Å². The van der Waals surface area contributed by atoms with Gasteiger partial charge in [0.05, 0.1) is 18.4 Å². The fourth-order valence-electron chi connectivity index (χ4n) is 8.01. The smallest absolute Gasteiger partial charge is 0.339 e. The Morgan fingerprint density at radius 1 is 1.07 bits per heavy atom. The molecule has 4 N–H and O–H groups in total. The number of fused-ring (bicyclic) bond motifs is 6. The van der Waals surface area contributed by atoms with Crippen LogP contribution in [0.5, 0.6) is 11.5 Å². The number of carbonyl (C=O) groups is 3. The molecular formula is C36H42O10. The van der Waals surface area contributed by atoms with Crippen LogP contribution in [-0.4, -0.2) is 44.4 Å². The van der Waals surface area contributed by atoms with Crippen molar-refractivity contribution >= 4 is 28.9 Å². The van der Waals surface area contributed by atoms with Crippen LogP contribution in [-0.2, 0) is 27.2 Å². The summed E-state index contributed by atoms with van der Waals surface area (Å²) in [5.74, 6) is -1.09. The Morgan fingerprint density at radius 2 is 1.83 bits per heavy atom. The minimum absolute atomic E-state index is 0.0588. The molecule has 10 heteroatoms. The van der Waals surface area contributed by atoms with Gasteiger partial charge < -0.3 is 29.6 Å². The number of aliphatic hydroxyl groups excluding tert-OH is 1. The fourth-order valence-corrected chi connectivity index (χ4v) is 8.01. The zero-order valence-electron chi connectivity index (χ0n) is 26.5. The van der Waals surface area contributed by atoms with Crippen molar-refractivity contribution in [2.75, 3.05) is 0 Å². The SMILES string of the molecule is C[C@]12CCC3c4ccc(O)cc4CCC3C1CC[C@@H]2O.Cc1c(CCC(=O)O)c(=O)oc2cc(OC(=O)CC(C)C(=O)O)ccc12. The first-order valence-corrected chi connectivity index (χ1v) is 16.0. The number of carboxylic acid groups (broad SMARTS) is 2. The molecule has 4 unspecified atom stereocenters. The lowest BCUT2D eigenvalue weighted by Crippen LogP contribution is -2.43. The average molecular weight is 635 g/mol. The first kappa shape index (κ1) is 33.2. The molecule has 3 aliphatic rings. The van der Waals surface area contributed by atoms with E-state index < -0.39 is 29.5 Å². The number of carbonyl (C=O) groups excluding carboxylic acids is 1. The van der Waals surface area contributed by atoms with E-state index in [2.05, 4.69) is 13.0 Å². The van der Waals surface area contributed by atoms with Crippen LogP contribution in [0.1, 0.15) is 87.0 Å². The molecule has 10 nitrogen and oxygen atoms in total. The van der Waals surface area contributed by atoms with Crippen molar-refractivity contribution in [2.24, 2.45) is 23.2 Å². The molecule has 46 heavy (non-hydrogen) atoms. The maximum atomic E-state index is 12.1. The van der Waals surface area contributed by atoms with Gasteiger partial charge in [0.2, 0.25) is 0 Å². The van der Waals surface area contributed by atoms with E-state index in [9.17, 15) is 29.4 Å². The highest BCUT2D eigenvalue weighted by atomic mass is 16.5. The summed E-state index contributed by atoms with van der Waals surface area (Å²) in [7, 11) is 0.